The molecule has 0 nitrogen and oxygen atoms in total. The Balaban J connectivity index is 2.09. The lowest BCUT2D eigenvalue weighted by Crippen LogP contribution is -2.53. The van der Waals surface area contributed by atoms with Crippen LogP contribution in [-0.2, 0) is 12.8 Å². The van der Waals surface area contributed by atoms with Crippen molar-refractivity contribution in [2.75, 3.05) is 0 Å². The van der Waals surface area contributed by atoms with Crippen molar-refractivity contribution in [3.63, 3.8) is 0 Å². The highest BCUT2D eigenvalue weighted by Crippen LogP contribution is 2.58. The summed E-state index contributed by atoms with van der Waals surface area (Å²) in [6.07, 6.45) is 2.17. The van der Waals surface area contributed by atoms with Gasteiger partial charge in [-0.1, -0.05) is 115 Å². The van der Waals surface area contributed by atoms with Crippen LogP contribution in [-0.4, -0.2) is 8.80 Å². The molecule has 1 heteroatoms. The molecular weight excluding hydrogens is 424 g/mol. The molecule has 1 aliphatic carbocycles. The van der Waals surface area contributed by atoms with E-state index in [0.717, 1.165) is 12.8 Å². The van der Waals surface area contributed by atoms with Crippen LogP contribution >= 0.6 is 0 Å². The fourth-order valence-corrected chi connectivity index (χ4v) is 10.9. The van der Waals surface area contributed by atoms with E-state index in [1.54, 1.807) is 21.5 Å². The minimum atomic E-state index is -1.75. The molecule has 0 bridgehead atoms. The molecule has 0 aliphatic heterocycles. The number of aryl methyl sites for hydroxylation is 4. The molecule has 0 radical (unpaired) electrons. The molecule has 2 unspecified atom stereocenters. The van der Waals surface area contributed by atoms with E-state index in [0.29, 0.717) is 0 Å². The largest absolute Gasteiger partial charge is 0.117 e. The molecule has 2 atom stereocenters. The standard InChI is InChI=1S/C33H40Si/c1-9-27-19-28(10-2)21-30(20-27)34(31-18-22(3)16-17-23(31)4)33(8)26(7)24(5)25(6)32(33)29-14-12-11-13-15-29/h11-21,34H,9-10H2,1-8H3. The van der Waals surface area contributed by atoms with E-state index in [1.165, 1.54) is 39.0 Å². The van der Waals surface area contributed by atoms with Gasteiger partial charge in [0.2, 0.25) is 0 Å². The van der Waals surface area contributed by atoms with E-state index in [4.69, 9.17) is 0 Å². The highest BCUT2D eigenvalue weighted by Gasteiger charge is 2.48. The van der Waals surface area contributed by atoms with Gasteiger partial charge >= 0.3 is 0 Å². The highest BCUT2D eigenvalue weighted by atomic mass is 28.3. The molecule has 4 rings (SSSR count). The van der Waals surface area contributed by atoms with Crippen LogP contribution in [0.1, 0.15) is 69.4 Å². The Kier molecular flexibility index (Phi) is 6.87. The van der Waals surface area contributed by atoms with E-state index < -0.39 is 8.80 Å². The molecule has 0 saturated heterocycles. The lowest BCUT2D eigenvalue weighted by molar-refractivity contribution is 0.901. The van der Waals surface area contributed by atoms with Crippen LogP contribution in [0.25, 0.3) is 5.57 Å². The van der Waals surface area contributed by atoms with E-state index in [9.17, 15) is 0 Å². The molecule has 3 aromatic rings. The maximum atomic E-state index is 2.56. The van der Waals surface area contributed by atoms with Crippen LogP contribution in [0.5, 0.6) is 0 Å². The summed E-state index contributed by atoms with van der Waals surface area (Å²) in [7, 11) is -1.75. The Bertz CT molecular complexity index is 1250. The Morgan fingerprint density at radius 3 is 1.91 bits per heavy atom. The van der Waals surface area contributed by atoms with Gasteiger partial charge in [-0.05, 0) is 80.9 Å². The Morgan fingerprint density at radius 1 is 0.706 bits per heavy atom. The Morgan fingerprint density at radius 2 is 1.32 bits per heavy atom. The summed E-state index contributed by atoms with van der Waals surface area (Å²) in [5.74, 6) is 0. The topological polar surface area (TPSA) is 0 Å². The van der Waals surface area contributed by atoms with Crippen LogP contribution in [0.4, 0.5) is 0 Å². The summed E-state index contributed by atoms with van der Waals surface area (Å²) in [5, 5.41) is 3.18. The molecule has 0 fully saturated rings. The maximum Gasteiger partial charge on any atom is 0.117 e. The predicted octanol–water partition coefficient (Wildman–Crippen LogP) is 7.35. The van der Waals surface area contributed by atoms with Crippen molar-refractivity contribution in [2.24, 2.45) is 0 Å². The maximum absolute atomic E-state index is 2.56. The van der Waals surface area contributed by atoms with E-state index in [2.05, 4.69) is 122 Å². The van der Waals surface area contributed by atoms with Gasteiger partial charge < -0.3 is 0 Å². The van der Waals surface area contributed by atoms with Gasteiger partial charge in [0.1, 0.15) is 8.80 Å². The summed E-state index contributed by atoms with van der Waals surface area (Å²) < 4.78 is 0. The van der Waals surface area contributed by atoms with Gasteiger partial charge in [0, 0.05) is 5.04 Å². The minimum absolute atomic E-state index is 0.00541. The molecular formula is C33H40Si. The average Bonchev–Trinajstić information content (AvgIpc) is 3.01. The Labute approximate surface area is 209 Å². The van der Waals surface area contributed by atoms with E-state index in [1.807, 2.05) is 0 Å². The van der Waals surface area contributed by atoms with Crippen molar-refractivity contribution in [1.82, 2.24) is 0 Å². The molecule has 1 aliphatic rings. The van der Waals surface area contributed by atoms with Crippen LogP contribution in [0.2, 0.25) is 5.04 Å². The third-order valence-corrected chi connectivity index (χ3v) is 12.5. The SMILES string of the molecule is CCc1cc(CC)cc([SiH](c2cc(C)ccc2C)C2(C)C(C)=C(C)C(C)=C2c2ccccc2)c1. The molecule has 176 valence electrons. The van der Waals surface area contributed by atoms with Gasteiger partial charge in [-0.15, -0.1) is 0 Å². The quantitative estimate of drug-likeness (QED) is 0.334. The molecule has 0 N–H and O–H groups in total. The first-order valence-electron chi connectivity index (χ1n) is 12.9. The minimum Gasteiger partial charge on any atom is -0.0622 e. The second-order valence-electron chi connectivity index (χ2n) is 10.4. The second-order valence-corrected chi connectivity index (χ2v) is 13.7. The van der Waals surface area contributed by atoms with E-state index in [-0.39, 0.29) is 5.04 Å². The van der Waals surface area contributed by atoms with Crippen molar-refractivity contribution < 1.29 is 0 Å². The molecule has 0 saturated carbocycles. The summed E-state index contributed by atoms with van der Waals surface area (Å²) in [6, 6.07) is 25.8. The van der Waals surface area contributed by atoms with Crippen LogP contribution in [0.3, 0.4) is 0 Å². The third kappa shape index (κ3) is 4.05. The summed E-state index contributed by atoms with van der Waals surface area (Å²) >= 11 is 0. The van der Waals surface area contributed by atoms with Gasteiger partial charge in [0.15, 0.2) is 0 Å². The lowest BCUT2D eigenvalue weighted by Gasteiger charge is -2.40. The first kappa shape index (κ1) is 24.5. The summed E-state index contributed by atoms with van der Waals surface area (Å²) in [5.41, 5.74) is 13.2. The number of allylic oxidation sites excluding steroid dienone is 4. The van der Waals surface area contributed by atoms with Crippen LogP contribution in [0, 0.1) is 13.8 Å². The first-order valence-corrected chi connectivity index (χ1v) is 14.6. The zero-order valence-electron chi connectivity index (χ0n) is 22.3. The highest BCUT2D eigenvalue weighted by molar-refractivity contribution is 6.90. The first-order chi connectivity index (χ1) is 16.2. The monoisotopic (exact) mass is 464 g/mol. The van der Waals surface area contributed by atoms with Crippen molar-refractivity contribution in [2.45, 2.75) is 73.3 Å². The van der Waals surface area contributed by atoms with Gasteiger partial charge in [-0.25, -0.2) is 0 Å². The van der Waals surface area contributed by atoms with Crippen molar-refractivity contribution in [3.8, 4) is 0 Å². The fraction of sp³-hybridized carbons (Fsp3) is 0.333. The van der Waals surface area contributed by atoms with Crippen molar-refractivity contribution in [3.05, 3.63) is 111 Å². The Hall–Kier alpha value is -2.64. The molecule has 3 aromatic carbocycles. The number of rotatable bonds is 6. The second kappa shape index (κ2) is 9.54. The van der Waals surface area contributed by atoms with E-state index >= 15 is 0 Å². The molecule has 0 spiro atoms. The zero-order valence-corrected chi connectivity index (χ0v) is 23.5. The zero-order chi connectivity index (χ0) is 24.6. The van der Waals surface area contributed by atoms with Gasteiger partial charge in [-0.3, -0.25) is 0 Å². The molecule has 0 amide bonds. The normalized spacial score (nSPS) is 19.2. The number of hydrogen-bond acceptors (Lipinski definition) is 0. The fourth-order valence-electron chi connectivity index (χ4n) is 6.18. The molecule has 0 heterocycles. The third-order valence-electron chi connectivity index (χ3n) is 8.41. The van der Waals surface area contributed by atoms with Crippen LogP contribution < -0.4 is 10.4 Å². The van der Waals surface area contributed by atoms with Crippen molar-refractivity contribution >= 4 is 24.7 Å². The number of benzene rings is 3. The van der Waals surface area contributed by atoms with Gasteiger partial charge in [-0.2, -0.15) is 0 Å². The lowest BCUT2D eigenvalue weighted by atomic mass is 9.90. The van der Waals surface area contributed by atoms with Crippen LogP contribution in [0.15, 0.2) is 83.4 Å². The predicted molar refractivity (Wildman–Crippen MR) is 153 cm³/mol. The van der Waals surface area contributed by atoms with Gasteiger partial charge in [0.05, 0.1) is 0 Å². The van der Waals surface area contributed by atoms with Crippen molar-refractivity contribution in [1.29, 1.82) is 0 Å². The molecule has 34 heavy (non-hydrogen) atoms. The smallest absolute Gasteiger partial charge is 0.0622 e. The summed E-state index contributed by atoms with van der Waals surface area (Å²) in [6.45, 7) is 18.8. The number of hydrogen-bond donors (Lipinski definition) is 0. The summed E-state index contributed by atoms with van der Waals surface area (Å²) in [4.78, 5) is 0. The van der Waals surface area contributed by atoms with Gasteiger partial charge in [0.25, 0.3) is 0 Å². The average molecular weight is 465 g/mol. The molecule has 0 aromatic heterocycles.